The second-order valence-electron chi connectivity index (χ2n) is 5.70. The van der Waals surface area contributed by atoms with Crippen molar-refractivity contribution in [3.63, 3.8) is 0 Å². The maximum Gasteiger partial charge on any atom is 0.359 e. The van der Waals surface area contributed by atoms with Crippen LogP contribution in [0.4, 0.5) is 0 Å². The molecule has 7 nitrogen and oxygen atoms in total. The lowest BCUT2D eigenvalue weighted by Gasteiger charge is -2.10. The summed E-state index contributed by atoms with van der Waals surface area (Å²) in [5.74, 6) is -1.07. The van der Waals surface area contributed by atoms with Gasteiger partial charge in [-0.2, -0.15) is 5.10 Å². The Morgan fingerprint density at radius 3 is 2.56 bits per heavy atom. The summed E-state index contributed by atoms with van der Waals surface area (Å²) in [6.07, 6.45) is 2.54. The molecule has 134 valence electrons. The van der Waals surface area contributed by atoms with Gasteiger partial charge in [-0.3, -0.25) is 9.59 Å². The number of carbonyl (C=O) groups excluding carboxylic acids is 2. The van der Waals surface area contributed by atoms with E-state index in [4.69, 9.17) is 4.74 Å². The van der Waals surface area contributed by atoms with E-state index in [1.165, 1.54) is 4.68 Å². The maximum atomic E-state index is 12.4. The van der Waals surface area contributed by atoms with Crippen LogP contribution in [0.5, 0.6) is 0 Å². The van der Waals surface area contributed by atoms with Crippen molar-refractivity contribution in [1.82, 2.24) is 15.1 Å². The SMILES string of the molecule is CCCCNC(=O)COC(=O)c1nn(CCC)c(=O)c2ccccc12. The summed E-state index contributed by atoms with van der Waals surface area (Å²) in [6, 6.07) is 6.76. The normalized spacial score (nSPS) is 10.6. The summed E-state index contributed by atoms with van der Waals surface area (Å²) in [5.41, 5.74) is -0.198. The fraction of sp³-hybridized carbons (Fsp3) is 0.444. The number of hydrogen-bond acceptors (Lipinski definition) is 5. The number of amides is 1. The first kappa shape index (κ1) is 18.6. The smallest absolute Gasteiger partial charge is 0.359 e. The molecule has 0 bridgehead atoms. The Morgan fingerprint density at radius 1 is 1.16 bits per heavy atom. The number of benzene rings is 1. The highest BCUT2D eigenvalue weighted by molar-refractivity contribution is 6.02. The van der Waals surface area contributed by atoms with Gasteiger partial charge in [0.05, 0.1) is 5.39 Å². The van der Waals surface area contributed by atoms with Gasteiger partial charge in [0.15, 0.2) is 12.3 Å². The predicted molar refractivity (Wildman–Crippen MR) is 94.5 cm³/mol. The summed E-state index contributed by atoms with van der Waals surface area (Å²) < 4.78 is 6.34. The average molecular weight is 345 g/mol. The number of rotatable bonds is 8. The summed E-state index contributed by atoms with van der Waals surface area (Å²) in [4.78, 5) is 36.4. The minimum Gasteiger partial charge on any atom is -0.451 e. The molecule has 0 fully saturated rings. The maximum absolute atomic E-state index is 12.4. The monoisotopic (exact) mass is 345 g/mol. The first-order chi connectivity index (χ1) is 12.1. The van der Waals surface area contributed by atoms with Crippen LogP contribution < -0.4 is 10.9 Å². The van der Waals surface area contributed by atoms with Gasteiger partial charge in [0.25, 0.3) is 11.5 Å². The minimum absolute atomic E-state index is 0.0463. The van der Waals surface area contributed by atoms with E-state index in [0.717, 1.165) is 12.8 Å². The van der Waals surface area contributed by atoms with E-state index in [1.807, 2.05) is 13.8 Å². The molecule has 2 aromatic rings. The van der Waals surface area contributed by atoms with E-state index in [2.05, 4.69) is 10.4 Å². The first-order valence-electron chi connectivity index (χ1n) is 8.52. The molecule has 0 saturated carbocycles. The molecule has 1 aromatic carbocycles. The van der Waals surface area contributed by atoms with Crippen molar-refractivity contribution in [1.29, 1.82) is 0 Å². The number of esters is 1. The van der Waals surface area contributed by atoms with Crippen molar-refractivity contribution >= 4 is 22.6 Å². The van der Waals surface area contributed by atoms with Crippen molar-refractivity contribution in [3.8, 4) is 0 Å². The van der Waals surface area contributed by atoms with Crippen molar-refractivity contribution in [2.45, 2.75) is 39.7 Å². The third kappa shape index (κ3) is 4.65. The molecule has 1 amide bonds. The van der Waals surface area contributed by atoms with E-state index in [0.29, 0.717) is 30.3 Å². The molecule has 0 spiro atoms. The summed E-state index contributed by atoms with van der Waals surface area (Å²) in [7, 11) is 0. The van der Waals surface area contributed by atoms with Gasteiger partial charge in [0, 0.05) is 18.5 Å². The number of fused-ring (bicyclic) bond motifs is 1. The number of unbranched alkanes of at least 4 members (excludes halogenated alkanes) is 1. The third-order valence-electron chi connectivity index (χ3n) is 3.68. The fourth-order valence-corrected chi connectivity index (χ4v) is 2.40. The van der Waals surface area contributed by atoms with Crippen LogP contribution >= 0.6 is 0 Å². The topological polar surface area (TPSA) is 90.3 Å². The number of hydrogen-bond donors (Lipinski definition) is 1. The fourth-order valence-electron chi connectivity index (χ4n) is 2.40. The molecule has 0 radical (unpaired) electrons. The standard InChI is InChI=1S/C18H23N3O4/c1-3-5-10-19-15(22)12-25-18(24)16-13-8-6-7-9-14(13)17(23)21(20-16)11-4-2/h6-9H,3-5,10-12H2,1-2H3,(H,19,22). The lowest BCUT2D eigenvalue weighted by Crippen LogP contribution is -2.31. The zero-order valence-electron chi connectivity index (χ0n) is 14.6. The van der Waals surface area contributed by atoms with Crippen LogP contribution in [0.3, 0.4) is 0 Å². The van der Waals surface area contributed by atoms with Crippen LogP contribution in [-0.4, -0.2) is 34.8 Å². The molecule has 0 aliphatic carbocycles. The molecule has 1 heterocycles. The number of ether oxygens (including phenoxy) is 1. The molecule has 2 rings (SSSR count). The van der Waals surface area contributed by atoms with Crippen molar-refractivity contribution < 1.29 is 14.3 Å². The Labute approximate surface area is 146 Å². The van der Waals surface area contributed by atoms with Crippen LogP contribution in [-0.2, 0) is 16.1 Å². The quantitative estimate of drug-likeness (QED) is 0.583. The number of carbonyl (C=O) groups is 2. The molecule has 0 saturated heterocycles. The molecular formula is C18H23N3O4. The predicted octanol–water partition coefficient (Wildman–Crippen LogP) is 1.88. The second kappa shape index (κ2) is 8.96. The van der Waals surface area contributed by atoms with Crippen LogP contribution in [0.15, 0.2) is 29.1 Å². The highest BCUT2D eigenvalue weighted by Crippen LogP contribution is 2.14. The van der Waals surface area contributed by atoms with Crippen molar-refractivity contribution in [2.24, 2.45) is 0 Å². The van der Waals surface area contributed by atoms with E-state index < -0.39 is 5.97 Å². The molecule has 0 atom stereocenters. The average Bonchev–Trinajstić information content (AvgIpc) is 2.62. The summed E-state index contributed by atoms with van der Waals surface area (Å²) >= 11 is 0. The highest BCUT2D eigenvalue weighted by Gasteiger charge is 2.18. The molecule has 1 aromatic heterocycles. The minimum atomic E-state index is -0.716. The number of aromatic nitrogens is 2. The van der Waals surface area contributed by atoms with Gasteiger partial charge in [0.2, 0.25) is 0 Å². The number of aryl methyl sites for hydroxylation is 1. The Hall–Kier alpha value is -2.70. The van der Waals surface area contributed by atoms with Gasteiger partial charge in [-0.25, -0.2) is 9.48 Å². The largest absolute Gasteiger partial charge is 0.451 e. The third-order valence-corrected chi connectivity index (χ3v) is 3.68. The molecule has 0 unspecified atom stereocenters. The van der Waals surface area contributed by atoms with Crippen molar-refractivity contribution in [2.75, 3.05) is 13.2 Å². The van der Waals surface area contributed by atoms with Gasteiger partial charge < -0.3 is 10.1 Å². The van der Waals surface area contributed by atoms with Crippen LogP contribution in [0.2, 0.25) is 0 Å². The number of nitrogens with zero attached hydrogens (tertiary/aromatic N) is 2. The number of nitrogens with one attached hydrogen (secondary N) is 1. The van der Waals surface area contributed by atoms with Crippen LogP contribution in [0.25, 0.3) is 10.8 Å². The molecule has 7 heteroatoms. The molecule has 1 N–H and O–H groups in total. The van der Waals surface area contributed by atoms with Gasteiger partial charge in [-0.1, -0.05) is 38.5 Å². The lowest BCUT2D eigenvalue weighted by molar-refractivity contribution is -0.124. The Kier molecular flexibility index (Phi) is 6.68. The molecule has 0 aliphatic rings. The van der Waals surface area contributed by atoms with Crippen molar-refractivity contribution in [3.05, 3.63) is 40.3 Å². The van der Waals surface area contributed by atoms with Gasteiger partial charge in [-0.15, -0.1) is 0 Å². The van der Waals surface area contributed by atoms with Gasteiger partial charge in [-0.05, 0) is 18.9 Å². The Balaban J connectivity index is 2.21. The molecular weight excluding hydrogens is 322 g/mol. The van der Waals surface area contributed by atoms with Crippen LogP contribution in [0, 0.1) is 0 Å². The zero-order chi connectivity index (χ0) is 18.2. The Bertz CT molecular complexity index is 814. The second-order valence-corrected chi connectivity index (χ2v) is 5.70. The Morgan fingerprint density at radius 2 is 1.88 bits per heavy atom. The van der Waals surface area contributed by atoms with Gasteiger partial charge >= 0.3 is 5.97 Å². The highest BCUT2D eigenvalue weighted by atomic mass is 16.5. The molecule has 0 aliphatic heterocycles. The van der Waals surface area contributed by atoms with E-state index >= 15 is 0 Å². The molecule has 25 heavy (non-hydrogen) atoms. The summed E-state index contributed by atoms with van der Waals surface area (Å²) in [5, 5.41) is 7.65. The first-order valence-corrected chi connectivity index (χ1v) is 8.52. The lowest BCUT2D eigenvalue weighted by atomic mass is 10.1. The summed E-state index contributed by atoms with van der Waals surface area (Å²) in [6.45, 7) is 4.53. The van der Waals surface area contributed by atoms with Crippen LogP contribution in [0.1, 0.15) is 43.6 Å². The van der Waals surface area contributed by atoms with E-state index in [1.54, 1.807) is 24.3 Å². The van der Waals surface area contributed by atoms with E-state index in [-0.39, 0.29) is 23.8 Å². The van der Waals surface area contributed by atoms with Gasteiger partial charge in [0.1, 0.15) is 0 Å². The zero-order valence-corrected chi connectivity index (χ0v) is 14.6. The van der Waals surface area contributed by atoms with E-state index in [9.17, 15) is 14.4 Å².